The van der Waals surface area contributed by atoms with Gasteiger partial charge in [-0.05, 0) is 49.6 Å². The van der Waals surface area contributed by atoms with Crippen molar-refractivity contribution in [1.29, 1.82) is 0 Å². The summed E-state index contributed by atoms with van der Waals surface area (Å²) >= 11 is 0. The summed E-state index contributed by atoms with van der Waals surface area (Å²) in [5, 5.41) is 17.7. The molecule has 0 aliphatic heterocycles. The number of hydrogen-bond acceptors (Lipinski definition) is 6. The Kier molecular flexibility index (Phi) is 6.48. The van der Waals surface area contributed by atoms with Crippen molar-refractivity contribution in [1.82, 2.24) is 5.43 Å². The highest BCUT2D eigenvalue weighted by atomic mass is 19.1. The third-order valence-corrected chi connectivity index (χ3v) is 5.46. The number of fused-ring (bicyclic) bond motifs is 1. The van der Waals surface area contributed by atoms with Crippen LogP contribution in [0.2, 0.25) is 0 Å². The number of amides is 2. The van der Waals surface area contributed by atoms with E-state index < -0.39 is 16.6 Å². The maximum absolute atomic E-state index is 13.1. The maximum Gasteiger partial charge on any atom is 0.291 e. The van der Waals surface area contributed by atoms with Crippen LogP contribution >= 0.6 is 0 Å². The molecule has 2 N–H and O–H groups in total. The molecule has 2 aromatic carbocycles. The number of nitrogens with one attached hydrogen (secondary N) is 2. The number of carbonyl (C=O) groups is 2. The van der Waals surface area contributed by atoms with Gasteiger partial charge < -0.3 is 9.73 Å². The van der Waals surface area contributed by atoms with E-state index in [1.807, 2.05) is 0 Å². The maximum atomic E-state index is 13.1. The van der Waals surface area contributed by atoms with Crippen LogP contribution in [0.3, 0.4) is 0 Å². The van der Waals surface area contributed by atoms with Gasteiger partial charge in [-0.15, -0.1) is 0 Å². The Hall–Kier alpha value is -4.34. The van der Waals surface area contributed by atoms with Crippen molar-refractivity contribution in [2.45, 2.75) is 32.6 Å². The van der Waals surface area contributed by atoms with E-state index in [-0.39, 0.29) is 23.8 Å². The number of hydrogen-bond donors (Lipinski definition) is 2. The second kappa shape index (κ2) is 9.65. The van der Waals surface area contributed by atoms with Crippen molar-refractivity contribution in [3.63, 3.8) is 0 Å². The first-order valence-electron chi connectivity index (χ1n) is 10.6. The third kappa shape index (κ3) is 5.01. The lowest BCUT2D eigenvalue weighted by Crippen LogP contribution is -2.23. The summed E-state index contributed by atoms with van der Waals surface area (Å²) in [6, 6.07) is 11.1. The van der Waals surface area contributed by atoms with Crippen LogP contribution in [0.25, 0.3) is 0 Å². The molecule has 0 fully saturated rings. The van der Waals surface area contributed by atoms with Gasteiger partial charge in [0.25, 0.3) is 11.6 Å². The predicted molar refractivity (Wildman–Crippen MR) is 122 cm³/mol. The minimum atomic E-state index is -0.502. The van der Waals surface area contributed by atoms with Crippen molar-refractivity contribution in [2.75, 3.05) is 5.32 Å². The Morgan fingerprint density at radius 2 is 1.82 bits per heavy atom. The number of halogens is 1. The number of benzene rings is 2. The van der Waals surface area contributed by atoms with Crippen LogP contribution in [0.5, 0.6) is 0 Å². The monoisotopic (exact) mass is 464 g/mol. The molecule has 1 aromatic heterocycles. The second-order valence-corrected chi connectivity index (χ2v) is 7.86. The van der Waals surface area contributed by atoms with Gasteiger partial charge in [0.15, 0.2) is 5.76 Å². The molecule has 0 atom stereocenters. The van der Waals surface area contributed by atoms with Crippen molar-refractivity contribution in [2.24, 2.45) is 5.10 Å². The van der Waals surface area contributed by atoms with Crippen molar-refractivity contribution in [3.8, 4) is 0 Å². The summed E-state index contributed by atoms with van der Waals surface area (Å²) in [6.07, 6.45) is 1.99. The molecule has 1 aliphatic carbocycles. The van der Waals surface area contributed by atoms with Gasteiger partial charge in [0, 0.05) is 35.4 Å². The highest BCUT2D eigenvalue weighted by Crippen LogP contribution is 2.30. The molecule has 0 saturated carbocycles. The second-order valence-electron chi connectivity index (χ2n) is 7.86. The number of carbonyl (C=O) groups excluding carboxylic acids is 2. The standard InChI is InChI=1S/C24H21FN4O5/c1-14-22-19(27-28-21(30)13-15-5-11-18(12-6-15)29(32)33)3-2-4-20(22)34-23(14)24(31)26-17-9-7-16(25)8-10-17/h5-12H,2-4,13H2,1H3,(H,26,31)(H,28,30)/b27-19+. The van der Waals surface area contributed by atoms with Gasteiger partial charge in [-0.1, -0.05) is 12.1 Å². The fraction of sp³-hybridized carbons (Fsp3) is 0.208. The van der Waals surface area contributed by atoms with E-state index in [0.29, 0.717) is 46.7 Å². The molecule has 34 heavy (non-hydrogen) atoms. The Morgan fingerprint density at radius 3 is 2.50 bits per heavy atom. The molecule has 174 valence electrons. The van der Waals surface area contributed by atoms with Crippen LogP contribution in [-0.4, -0.2) is 22.4 Å². The van der Waals surface area contributed by atoms with Gasteiger partial charge in [-0.2, -0.15) is 5.10 Å². The quantitative estimate of drug-likeness (QED) is 0.416. The van der Waals surface area contributed by atoms with E-state index >= 15 is 0 Å². The molecule has 0 spiro atoms. The topological polar surface area (TPSA) is 127 Å². The average Bonchev–Trinajstić information content (AvgIpc) is 3.17. The number of furan rings is 1. The number of hydrazone groups is 1. The molecular weight excluding hydrogens is 443 g/mol. The van der Waals surface area contributed by atoms with E-state index in [0.717, 1.165) is 6.42 Å². The van der Waals surface area contributed by atoms with Gasteiger partial charge in [0.05, 0.1) is 17.1 Å². The minimum absolute atomic E-state index is 0.0112. The summed E-state index contributed by atoms with van der Waals surface area (Å²) < 4.78 is 18.9. The van der Waals surface area contributed by atoms with Crippen LogP contribution in [-0.2, 0) is 17.6 Å². The first-order valence-corrected chi connectivity index (χ1v) is 10.6. The van der Waals surface area contributed by atoms with Crippen molar-refractivity contribution < 1.29 is 23.3 Å². The first kappa shape index (κ1) is 22.8. The molecule has 9 nitrogen and oxygen atoms in total. The zero-order chi connectivity index (χ0) is 24.2. The fourth-order valence-electron chi connectivity index (χ4n) is 3.81. The third-order valence-electron chi connectivity index (χ3n) is 5.46. The normalized spacial score (nSPS) is 13.9. The van der Waals surface area contributed by atoms with Crippen LogP contribution in [0.15, 0.2) is 58.0 Å². The van der Waals surface area contributed by atoms with Gasteiger partial charge in [-0.25, -0.2) is 9.82 Å². The van der Waals surface area contributed by atoms with Gasteiger partial charge in [0.2, 0.25) is 5.91 Å². The Balaban J connectivity index is 1.47. The first-order chi connectivity index (χ1) is 16.3. The highest BCUT2D eigenvalue weighted by Gasteiger charge is 2.28. The van der Waals surface area contributed by atoms with Crippen LogP contribution in [0.4, 0.5) is 15.8 Å². The molecule has 0 bridgehead atoms. The van der Waals surface area contributed by atoms with E-state index in [1.165, 1.54) is 48.5 Å². The molecule has 3 aromatic rings. The van der Waals surface area contributed by atoms with Crippen molar-refractivity contribution >= 4 is 28.9 Å². The SMILES string of the molecule is Cc1c(C(=O)Nc2ccc(F)cc2)oc2c1/C(=N/NC(=O)Cc1ccc([N+](=O)[O-])cc1)CCC2. The van der Waals surface area contributed by atoms with Crippen LogP contribution in [0.1, 0.15) is 45.8 Å². The summed E-state index contributed by atoms with van der Waals surface area (Å²) in [7, 11) is 0. The zero-order valence-electron chi connectivity index (χ0n) is 18.3. The number of nitro groups is 1. The molecule has 0 unspecified atom stereocenters. The molecular formula is C24H21FN4O5. The lowest BCUT2D eigenvalue weighted by molar-refractivity contribution is -0.384. The van der Waals surface area contributed by atoms with E-state index in [9.17, 15) is 24.1 Å². The number of non-ortho nitro benzene ring substituents is 1. The molecule has 0 saturated heterocycles. The van der Waals surface area contributed by atoms with Gasteiger partial charge in [-0.3, -0.25) is 19.7 Å². The van der Waals surface area contributed by atoms with E-state index in [1.54, 1.807) is 6.92 Å². The molecule has 10 heteroatoms. The number of rotatable bonds is 6. The molecule has 4 rings (SSSR count). The smallest absolute Gasteiger partial charge is 0.291 e. The summed E-state index contributed by atoms with van der Waals surface area (Å²) in [5.41, 5.74) is 5.46. The van der Waals surface area contributed by atoms with Gasteiger partial charge in [0.1, 0.15) is 11.6 Å². The van der Waals surface area contributed by atoms with Crippen LogP contribution < -0.4 is 10.7 Å². The van der Waals surface area contributed by atoms with Crippen molar-refractivity contribution in [3.05, 3.63) is 92.7 Å². The minimum Gasteiger partial charge on any atom is -0.455 e. The lowest BCUT2D eigenvalue weighted by Gasteiger charge is -2.13. The zero-order valence-corrected chi connectivity index (χ0v) is 18.3. The molecule has 0 radical (unpaired) electrons. The van der Waals surface area contributed by atoms with E-state index in [2.05, 4.69) is 15.8 Å². The summed E-state index contributed by atoms with van der Waals surface area (Å²) in [4.78, 5) is 35.3. The number of aryl methyl sites for hydroxylation is 1. The Bertz CT molecular complexity index is 1280. The molecule has 1 heterocycles. The average molecular weight is 464 g/mol. The Labute approximate surface area is 193 Å². The van der Waals surface area contributed by atoms with Gasteiger partial charge >= 0.3 is 0 Å². The largest absolute Gasteiger partial charge is 0.455 e. The van der Waals surface area contributed by atoms with E-state index in [4.69, 9.17) is 4.42 Å². The lowest BCUT2D eigenvalue weighted by atomic mass is 9.93. The Morgan fingerprint density at radius 1 is 1.12 bits per heavy atom. The fourth-order valence-corrected chi connectivity index (χ4v) is 3.81. The predicted octanol–water partition coefficient (Wildman–Crippen LogP) is 4.29. The highest BCUT2D eigenvalue weighted by molar-refractivity contribution is 6.09. The molecule has 2 amide bonds. The van der Waals surface area contributed by atoms with Crippen LogP contribution in [0, 0.1) is 22.9 Å². The summed E-state index contributed by atoms with van der Waals surface area (Å²) in [5.74, 6) is -0.472. The number of anilines is 1. The number of nitro benzene ring substituents is 1. The number of nitrogens with zero attached hydrogens (tertiary/aromatic N) is 2. The summed E-state index contributed by atoms with van der Waals surface area (Å²) in [6.45, 7) is 1.75. The molecule has 1 aliphatic rings.